The first-order chi connectivity index (χ1) is 16.9. The molecule has 4 rings (SSSR count). The molecule has 0 spiro atoms. The number of benzene rings is 4. The molecule has 0 saturated carbocycles. The van der Waals surface area contributed by atoms with Crippen molar-refractivity contribution in [2.24, 2.45) is 0 Å². The molecule has 0 amide bonds. The lowest BCUT2D eigenvalue weighted by molar-refractivity contribution is -0.135. The van der Waals surface area contributed by atoms with Gasteiger partial charge in [0.2, 0.25) is 0 Å². The summed E-state index contributed by atoms with van der Waals surface area (Å²) in [5, 5.41) is 19.5. The van der Waals surface area contributed by atoms with E-state index in [1.807, 2.05) is 12.1 Å². The van der Waals surface area contributed by atoms with Crippen LogP contribution in [0.5, 0.6) is 17.2 Å². The molecule has 174 valence electrons. The summed E-state index contributed by atoms with van der Waals surface area (Å²) in [4.78, 5) is 25.6. The van der Waals surface area contributed by atoms with Gasteiger partial charge < -0.3 is 14.9 Å². The van der Waals surface area contributed by atoms with Crippen LogP contribution in [0.1, 0.15) is 45.5 Å². The van der Waals surface area contributed by atoms with Crippen molar-refractivity contribution in [2.45, 2.75) is 12.8 Å². The Kier molecular flexibility index (Phi) is 7.07. The van der Waals surface area contributed by atoms with Crippen molar-refractivity contribution in [1.82, 2.24) is 0 Å². The minimum absolute atomic E-state index is 0.0382. The van der Waals surface area contributed by atoms with E-state index < -0.39 is 11.9 Å². The topological polar surface area (TPSA) is 83.8 Å². The molecule has 0 aliphatic heterocycles. The summed E-state index contributed by atoms with van der Waals surface area (Å²) in [7, 11) is 0. The second-order valence-corrected chi connectivity index (χ2v) is 8.15. The van der Waals surface area contributed by atoms with Crippen molar-refractivity contribution in [2.75, 3.05) is 0 Å². The molecule has 5 heteroatoms. The summed E-state index contributed by atoms with van der Waals surface area (Å²) in [5.74, 6) is -0.901. The summed E-state index contributed by atoms with van der Waals surface area (Å²) in [6.07, 6.45) is 3.59. The van der Waals surface area contributed by atoms with Crippen LogP contribution < -0.4 is 4.74 Å². The van der Waals surface area contributed by atoms with Gasteiger partial charge >= 0.3 is 5.97 Å². The van der Waals surface area contributed by atoms with Crippen molar-refractivity contribution >= 4 is 23.9 Å². The number of hydrogen-bond acceptors (Lipinski definition) is 5. The molecule has 4 aromatic rings. The van der Waals surface area contributed by atoms with Crippen LogP contribution in [0.2, 0.25) is 0 Å². The largest absolute Gasteiger partial charge is 0.508 e. The van der Waals surface area contributed by atoms with E-state index >= 15 is 0 Å². The average Bonchev–Trinajstić information content (AvgIpc) is 2.87. The highest BCUT2D eigenvalue weighted by Gasteiger charge is 2.20. The lowest BCUT2D eigenvalue weighted by Crippen LogP contribution is -2.16. The Labute approximate surface area is 203 Å². The van der Waals surface area contributed by atoms with Gasteiger partial charge in [-0.05, 0) is 53.9 Å². The lowest BCUT2D eigenvalue weighted by Gasteiger charge is -2.13. The van der Waals surface area contributed by atoms with E-state index in [9.17, 15) is 19.8 Å². The van der Waals surface area contributed by atoms with Crippen LogP contribution in [-0.2, 0) is 4.79 Å². The third-order valence-electron chi connectivity index (χ3n) is 5.53. The molecule has 5 nitrogen and oxygen atoms in total. The molecule has 35 heavy (non-hydrogen) atoms. The van der Waals surface area contributed by atoms with E-state index in [2.05, 4.69) is 0 Å². The molecule has 0 heterocycles. The van der Waals surface area contributed by atoms with Crippen LogP contribution in [0.15, 0.2) is 97.1 Å². The summed E-state index contributed by atoms with van der Waals surface area (Å²) in [6, 6.07) is 27.2. The smallest absolute Gasteiger partial charge is 0.318 e. The molecule has 1 atom stereocenters. The number of carbonyl (C=O) groups is 2. The van der Waals surface area contributed by atoms with E-state index in [1.54, 1.807) is 97.9 Å². The molecule has 2 N–H and O–H groups in total. The summed E-state index contributed by atoms with van der Waals surface area (Å²) < 4.78 is 5.55. The molecular formula is C30H24O5. The number of rotatable bonds is 7. The number of carbonyl (C=O) groups excluding carboxylic acids is 2. The molecule has 0 aliphatic carbocycles. The van der Waals surface area contributed by atoms with Crippen LogP contribution in [0.25, 0.3) is 12.2 Å². The van der Waals surface area contributed by atoms with Crippen LogP contribution in [0, 0.1) is 0 Å². The molecule has 0 saturated heterocycles. The molecule has 0 bridgehead atoms. The maximum Gasteiger partial charge on any atom is 0.318 e. The number of ether oxygens (including phenoxy) is 1. The fraction of sp³-hybridized carbons (Fsp3) is 0.0667. The van der Waals surface area contributed by atoms with Gasteiger partial charge in [-0.3, -0.25) is 9.59 Å². The maximum absolute atomic E-state index is 12.9. The number of aromatic hydroxyl groups is 2. The van der Waals surface area contributed by atoms with Crippen LogP contribution in [0.4, 0.5) is 0 Å². The fourth-order valence-corrected chi connectivity index (χ4v) is 3.58. The van der Waals surface area contributed by atoms with Gasteiger partial charge in [-0.2, -0.15) is 0 Å². The van der Waals surface area contributed by atoms with E-state index in [4.69, 9.17) is 4.74 Å². The first-order valence-electron chi connectivity index (χ1n) is 11.1. The Hall–Kier alpha value is -4.64. The second-order valence-electron chi connectivity index (χ2n) is 8.15. The first kappa shape index (κ1) is 23.5. The van der Waals surface area contributed by atoms with Crippen molar-refractivity contribution in [3.05, 3.63) is 125 Å². The SMILES string of the molecule is CC(C(=O)Oc1cc(O)cc(C=Cc2ccc(O)cc2)c1)c1cccc(C(=O)c2ccccc2)c1. The number of esters is 1. The molecule has 0 aliphatic rings. The zero-order valence-electron chi connectivity index (χ0n) is 19.1. The minimum atomic E-state index is -0.628. The van der Waals surface area contributed by atoms with Crippen LogP contribution in [-0.4, -0.2) is 22.0 Å². The van der Waals surface area contributed by atoms with Crippen LogP contribution >= 0.6 is 0 Å². The second kappa shape index (κ2) is 10.5. The average molecular weight is 465 g/mol. The lowest BCUT2D eigenvalue weighted by atomic mass is 9.96. The highest BCUT2D eigenvalue weighted by Crippen LogP contribution is 2.26. The van der Waals surface area contributed by atoms with Gasteiger partial charge in [0.15, 0.2) is 5.78 Å². The molecule has 0 radical (unpaired) electrons. The summed E-state index contributed by atoms with van der Waals surface area (Å²) in [6.45, 7) is 1.71. The number of ketones is 1. The van der Waals surface area contributed by atoms with Gasteiger partial charge in [0.05, 0.1) is 5.92 Å². The van der Waals surface area contributed by atoms with Crippen molar-refractivity contribution < 1.29 is 24.5 Å². The first-order valence-corrected chi connectivity index (χ1v) is 11.1. The van der Waals surface area contributed by atoms with Gasteiger partial charge in [0.1, 0.15) is 17.2 Å². The number of phenols is 2. The van der Waals surface area contributed by atoms with Crippen LogP contribution in [0.3, 0.4) is 0 Å². The Morgan fingerprint density at radius 1 is 0.714 bits per heavy atom. The Balaban J connectivity index is 1.49. The van der Waals surface area contributed by atoms with Crippen molar-refractivity contribution in [1.29, 1.82) is 0 Å². The third kappa shape index (κ3) is 6.03. The Morgan fingerprint density at radius 2 is 1.40 bits per heavy atom. The predicted octanol–water partition coefficient (Wildman–Crippen LogP) is 6.21. The zero-order valence-corrected chi connectivity index (χ0v) is 19.1. The standard InChI is InChI=1S/C30H24O5/c1-20(24-8-5-9-25(18-24)29(33)23-6-3-2-4-7-23)30(34)35-28-17-22(16-27(32)19-28)11-10-21-12-14-26(31)15-13-21/h2-20,31-32H,1H3. The predicted molar refractivity (Wildman–Crippen MR) is 136 cm³/mol. The van der Waals surface area contributed by atoms with E-state index in [-0.39, 0.29) is 23.0 Å². The normalized spacial score (nSPS) is 11.8. The van der Waals surface area contributed by atoms with Crippen molar-refractivity contribution in [3.63, 3.8) is 0 Å². The fourth-order valence-electron chi connectivity index (χ4n) is 3.58. The van der Waals surface area contributed by atoms with Gasteiger partial charge in [0.25, 0.3) is 0 Å². The van der Waals surface area contributed by atoms with Gasteiger partial charge in [-0.25, -0.2) is 0 Å². The number of hydrogen-bond donors (Lipinski definition) is 2. The Bertz CT molecular complexity index is 1370. The van der Waals surface area contributed by atoms with E-state index in [0.717, 1.165) is 5.56 Å². The monoisotopic (exact) mass is 464 g/mol. The Morgan fingerprint density at radius 3 is 2.14 bits per heavy atom. The van der Waals surface area contributed by atoms with Gasteiger partial charge in [-0.15, -0.1) is 0 Å². The molecule has 0 fully saturated rings. The highest BCUT2D eigenvalue weighted by molar-refractivity contribution is 6.09. The third-order valence-corrected chi connectivity index (χ3v) is 5.53. The highest BCUT2D eigenvalue weighted by atomic mass is 16.5. The van der Waals surface area contributed by atoms with E-state index in [0.29, 0.717) is 22.3 Å². The van der Waals surface area contributed by atoms with Crippen molar-refractivity contribution in [3.8, 4) is 17.2 Å². The zero-order chi connectivity index (χ0) is 24.8. The molecule has 1 unspecified atom stereocenters. The number of phenolic OH excluding ortho intramolecular Hbond substituents is 2. The molecule has 4 aromatic carbocycles. The quantitative estimate of drug-likeness (QED) is 0.147. The summed E-state index contributed by atoms with van der Waals surface area (Å²) in [5.41, 5.74) is 3.23. The van der Waals surface area contributed by atoms with E-state index in [1.165, 1.54) is 6.07 Å². The minimum Gasteiger partial charge on any atom is -0.508 e. The summed E-state index contributed by atoms with van der Waals surface area (Å²) >= 11 is 0. The maximum atomic E-state index is 12.9. The molecule has 0 aromatic heterocycles. The molecular weight excluding hydrogens is 440 g/mol. The van der Waals surface area contributed by atoms with Gasteiger partial charge in [0, 0.05) is 17.2 Å². The van der Waals surface area contributed by atoms with Gasteiger partial charge in [-0.1, -0.05) is 72.8 Å².